The Hall–Kier alpha value is -3.70. The van der Waals surface area contributed by atoms with Crippen molar-refractivity contribution in [2.45, 2.75) is 37.8 Å². The molecule has 0 amide bonds. The number of benzene rings is 2. The third-order valence-corrected chi connectivity index (χ3v) is 6.13. The van der Waals surface area contributed by atoms with E-state index in [1.807, 2.05) is 0 Å². The van der Waals surface area contributed by atoms with Gasteiger partial charge in [0, 0.05) is 40.1 Å². The molecule has 1 N–H and O–H groups in total. The Labute approximate surface area is 214 Å². The van der Waals surface area contributed by atoms with Gasteiger partial charge in [-0.05, 0) is 43.7 Å². The normalized spacial score (nSPS) is 16.1. The molecule has 0 saturated heterocycles. The van der Waals surface area contributed by atoms with Crippen molar-refractivity contribution in [2.75, 3.05) is 6.98 Å². The van der Waals surface area contributed by atoms with Crippen LogP contribution >= 0.6 is 0 Å². The zero-order valence-electron chi connectivity index (χ0n) is 22.5. The van der Waals surface area contributed by atoms with Crippen LogP contribution in [-0.4, -0.2) is 42.8 Å². The molecule has 0 aliphatic carbocycles. The van der Waals surface area contributed by atoms with Gasteiger partial charge < -0.3 is 5.11 Å². The van der Waals surface area contributed by atoms with Crippen LogP contribution in [0, 0.1) is 11.6 Å². The van der Waals surface area contributed by atoms with Crippen LogP contribution in [0.25, 0.3) is 11.1 Å². The largest absolute Gasteiger partial charge is 0.416 e. The Morgan fingerprint density at radius 1 is 1.05 bits per heavy atom. The summed E-state index contributed by atoms with van der Waals surface area (Å²) in [7, 11) is 0. The van der Waals surface area contributed by atoms with Gasteiger partial charge in [-0.15, -0.1) is 0 Å². The molecule has 0 unspecified atom stereocenters. The number of rotatable bonds is 8. The summed E-state index contributed by atoms with van der Waals surface area (Å²) in [4.78, 5) is 9.03. The Kier molecular flexibility index (Phi) is 6.29. The van der Waals surface area contributed by atoms with Gasteiger partial charge in [0.05, 0.1) is 17.8 Å². The monoisotopic (exact) mass is 520 g/mol. The molecule has 2 aromatic heterocycles. The van der Waals surface area contributed by atoms with E-state index in [0.29, 0.717) is 17.2 Å². The fourth-order valence-corrected chi connectivity index (χ4v) is 3.95. The van der Waals surface area contributed by atoms with Crippen LogP contribution < -0.4 is 0 Å². The second-order valence-corrected chi connectivity index (χ2v) is 8.56. The van der Waals surface area contributed by atoms with Gasteiger partial charge in [0.2, 0.25) is 0 Å². The summed E-state index contributed by atoms with van der Waals surface area (Å²) >= 11 is 0. The first-order chi connectivity index (χ1) is 18.7. The second-order valence-electron chi connectivity index (χ2n) is 8.56. The summed E-state index contributed by atoms with van der Waals surface area (Å²) in [5, 5.41) is 15.8. The van der Waals surface area contributed by atoms with Gasteiger partial charge in [-0.1, -0.05) is 24.3 Å². The predicted octanol–water partition coefficient (Wildman–Crippen LogP) is 5.05. The number of aliphatic hydroxyl groups is 1. The Balaban J connectivity index is 1.65. The van der Waals surface area contributed by atoms with Crippen molar-refractivity contribution in [3.8, 4) is 11.1 Å². The summed E-state index contributed by atoms with van der Waals surface area (Å²) in [5.41, 5.74) is -2.10. The van der Waals surface area contributed by atoms with Gasteiger partial charge in [-0.2, -0.15) is 18.3 Å². The molecule has 0 aliphatic heterocycles. The fraction of sp³-hybridized carbons (Fsp3) is 0.269. The maximum Gasteiger partial charge on any atom is 0.416 e. The van der Waals surface area contributed by atoms with E-state index in [-0.39, 0.29) is 17.8 Å². The number of nitrogens with zero attached hydrogens (tertiary/aromatic N) is 5. The minimum absolute atomic E-state index is 0.265. The average molecular weight is 521 g/mol. The van der Waals surface area contributed by atoms with Gasteiger partial charge in [0.1, 0.15) is 29.9 Å². The van der Waals surface area contributed by atoms with Gasteiger partial charge >= 0.3 is 6.18 Å². The van der Waals surface area contributed by atoms with E-state index in [2.05, 4.69) is 15.1 Å². The molecular weight excluding hydrogens is 493 g/mol. The van der Waals surface area contributed by atoms with Gasteiger partial charge in [0.25, 0.3) is 0 Å². The van der Waals surface area contributed by atoms with Crippen LogP contribution in [0.4, 0.5) is 22.0 Å². The molecule has 6 nitrogen and oxygen atoms in total. The molecule has 37 heavy (non-hydrogen) atoms. The van der Waals surface area contributed by atoms with Crippen LogP contribution in [0.5, 0.6) is 0 Å². The maximum absolute atomic E-state index is 14.9. The molecule has 4 aromatic rings. The first kappa shape index (κ1) is 22.5. The molecule has 4 rings (SSSR count). The number of likely N-dealkylation sites (N-methyl/N-ethyl adjacent to an activating group) is 1. The highest BCUT2D eigenvalue weighted by atomic mass is 19.4. The molecule has 11 heteroatoms. The Morgan fingerprint density at radius 3 is 2.35 bits per heavy atom. The van der Waals surface area contributed by atoms with Crippen molar-refractivity contribution in [1.82, 2.24) is 24.6 Å². The number of aromatic nitrogens is 4. The van der Waals surface area contributed by atoms with Crippen LogP contribution in [0.3, 0.4) is 0 Å². The summed E-state index contributed by atoms with van der Waals surface area (Å²) in [6.07, 6.45) is -0.625. The van der Waals surface area contributed by atoms with E-state index >= 15 is 0 Å². The van der Waals surface area contributed by atoms with Gasteiger partial charge in [0.15, 0.2) is 0 Å². The van der Waals surface area contributed by atoms with Crippen molar-refractivity contribution in [3.05, 3.63) is 102 Å². The highest BCUT2D eigenvalue weighted by molar-refractivity contribution is 5.62. The summed E-state index contributed by atoms with van der Waals surface area (Å²) in [5.74, 6) is -1.94. The fourth-order valence-electron chi connectivity index (χ4n) is 3.95. The number of pyridine rings is 1. The first-order valence-corrected chi connectivity index (χ1v) is 11.1. The standard InChI is InChI=1S/C26H24F5N5O/c1-17(25(37,14-36-16-32-15-34-36)23-10-8-21(27)11-24(23)28)35(2)13-22-9-5-19(12-33-22)18-3-6-20(7-4-18)26(29,30)31/h3-12,15-17,37H,13-14H2,1-2H3/t17-,25-/m1/s1/i2D3. The van der Waals surface area contributed by atoms with Crippen molar-refractivity contribution in [3.63, 3.8) is 0 Å². The molecule has 0 fully saturated rings. The van der Waals surface area contributed by atoms with E-state index in [9.17, 15) is 27.1 Å². The van der Waals surface area contributed by atoms with Crippen LogP contribution in [-0.2, 0) is 24.9 Å². The topological polar surface area (TPSA) is 67.1 Å². The molecule has 2 aromatic carbocycles. The van der Waals surface area contributed by atoms with Crippen molar-refractivity contribution >= 4 is 0 Å². The minimum atomic E-state index is -4.47. The third kappa shape index (κ3) is 5.83. The van der Waals surface area contributed by atoms with Gasteiger partial charge in [-0.25, -0.2) is 18.4 Å². The van der Waals surface area contributed by atoms with E-state index in [1.54, 1.807) is 6.07 Å². The van der Waals surface area contributed by atoms with Crippen molar-refractivity contribution < 1.29 is 31.2 Å². The van der Waals surface area contributed by atoms with E-state index in [1.165, 1.54) is 48.7 Å². The molecular formula is C26H24F5N5O. The van der Waals surface area contributed by atoms with Crippen LogP contribution in [0.15, 0.2) is 73.4 Å². The quantitative estimate of drug-likeness (QED) is 0.330. The number of alkyl halides is 3. The zero-order valence-corrected chi connectivity index (χ0v) is 19.5. The molecule has 2 heterocycles. The number of hydrogen-bond donors (Lipinski definition) is 1. The predicted molar refractivity (Wildman–Crippen MR) is 126 cm³/mol. The minimum Gasteiger partial charge on any atom is -0.381 e. The number of halogens is 5. The Morgan fingerprint density at radius 2 is 1.78 bits per heavy atom. The highest BCUT2D eigenvalue weighted by Crippen LogP contribution is 2.33. The molecule has 194 valence electrons. The lowest BCUT2D eigenvalue weighted by atomic mass is 9.85. The molecule has 0 aliphatic rings. The summed E-state index contributed by atoms with van der Waals surface area (Å²) in [6.45, 7) is -2.11. The van der Waals surface area contributed by atoms with E-state index in [4.69, 9.17) is 4.11 Å². The second kappa shape index (κ2) is 10.3. The van der Waals surface area contributed by atoms with E-state index < -0.39 is 48.5 Å². The van der Waals surface area contributed by atoms with Crippen LogP contribution in [0.1, 0.15) is 27.9 Å². The van der Waals surface area contributed by atoms with Crippen molar-refractivity contribution in [2.24, 2.45) is 0 Å². The number of hydrogen-bond acceptors (Lipinski definition) is 5. The highest BCUT2D eigenvalue weighted by Gasteiger charge is 2.41. The molecule has 0 spiro atoms. The van der Waals surface area contributed by atoms with Crippen LogP contribution in [0.2, 0.25) is 0 Å². The molecule has 2 atom stereocenters. The SMILES string of the molecule is [2H]C([2H])([2H])N(Cc1ccc(-c2ccc(C(F)(F)F)cc2)cn1)[C@H](C)[C@](O)(Cn1cncn1)c1ccc(F)cc1F. The molecule has 0 bridgehead atoms. The molecule has 0 saturated carbocycles. The third-order valence-electron chi connectivity index (χ3n) is 6.13. The lowest BCUT2D eigenvalue weighted by Gasteiger charge is -2.39. The lowest BCUT2D eigenvalue weighted by Crippen LogP contribution is -2.50. The summed E-state index contributed by atoms with van der Waals surface area (Å²) < 4.78 is 92.8. The smallest absolute Gasteiger partial charge is 0.381 e. The van der Waals surface area contributed by atoms with Crippen molar-refractivity contribution in [1.29, 1.82) is 0 Å². The lowest BCUT2D eigenvalue weighted by molar-refractivity contribution is -0.137. The first-order valence-electron chi connectivity index (χ1n) is 12.6. The summed E-state index contributed by atoms with van der Waals surface area (Å²) in [6, 6.07) is 8.90. The average Bonchev–Trinajstić information content (AvgIpc) is 3.39. The van der Waals surface area contributed by atoms with E-state index in [0.717, 1.165) is 29.2 Å². The maximum atomic E-state index is 14.9. The van der Waals surface area contributed by atoms with Gasteiger partial charge in [-0.3, -0.25) is 9.88 Å². The molecule has 0 radical (unpaired) electrons. The Bertz CT molecular complexity index is 1430. The zero-order chi connectivity index (χ0) is 29.3.